The first kappa shape index (κ1) is 14.9. The Labute approximate surface area is 171 Å². The Morgan fingerprint density at radius 3 is 2.10 bits per heavy atom. The summed E-state index contributed by atoms with van der Waals surface area (Å²) in [6, 6.07) is 33.4. The summed E-state index contributed by atoms with van der Waals surface area (Å²) in [5.41, 5.74) is 6.29. The molecular weight excluding hydrogens is 364 g/mol. The van der Waals surface area contributed by atoms with Gasteiger partial charge >= 0.3 is 0 Å². The Hall–Kier alpha value is -4.04. The number of hydrogen-bond acceptors (Lipinski definition) is 0. The van der Waals surface area contributed by atoms with E-state index in [1.54, 1.807) is 0 Å². The Balaban J connectivity index is 1.62. The first-order valence-electron chi connectivity index (χ1n) is 10.4. The third-order valence-electron chi connectivity index (χ3n) is 6.80. The number of fused-ring (bicyclic) bond motifs is 10. The van der Waals surface area contributed by atoms with E-state index >= 15 is 0 Å². The van der Waals surface area contributed by atoms with Gasteiger partial charge < -0.3 is 9.38 Å². The van der Waals surface area contributed by atoms with Crippen molar-refractivity contribution in [3.05, 3.63) is 91.0 Å². The highest BCUT2D eigenvalue weighted by molar-refractivity contribution is 6.25. The summed E-state index contributed by atoms with van der Waals surface area (Å²) in [6.45, 7) is 0. The maximum absolute atomic E-state index is 3.59. The van der Waals surface area contributed by atoms with E-state index in [1.807, 2.05) is 0 Å². The van der Waals surface area contributed by atoms with Crippen LogP contribution in [0.25, 0.3) is 70.7 Å². The van der Waals surface area contributed by atoms with Crippen LogP contribution in [0.1, 0.15) is 0 Å². The molecule has 0 atom stereocenters. The van der Waals surface area contributed by atoms with Gasteiger partial charge in [0, 0.05) is 43.4 Å². The first-order valence-corrected chi connectivity index (χ1v) is 10.4. The minimum Gasteiger partial charge on any atom is -0.354 e. The zero-order valence-electron chi connectivity index (χ0n) is 16.1. The van der Waals surface area contributed by atoms with Crippen molar-refractivity contribution in [2.75, 3.05) is 0 Å². The minimum absolute atomic E-state index is 1.19. The number of para-hydroxylation sites is 3. The molecule has 2 nitrogen and oxygen atoms in total. The predicted molar refractivity (Wildman–Crippen MR) is 128 cm³/mol. The molecule has 3 heterocycles. The van der Waals surface area contributed by atoms with E-state index in [2.05, 4.69) is 100 Å². The standard InChI is InChI=1S/C28H16N2/c1-3-10-24-18(6-1)22-12-16-13-23-21-9-5-8-20-19-7-2-4-11-26(19)30(28(20)21)27(23)15-17(16)14-25(22)29-24/h1-15,29H. The lowest BCUT2D eigenvalue weighted by molar-refractivity contribution is 1.37. The zero-order chi connectivity index (χ0) is 19.4. The van der Waals surface area contributed by atoms with Gasteiger partial charge in [-0.3, -0.25) is 0 Å². The Morgan fingerprint density at radius 2 is 1.17 bits per heavy atom. The molecule has 5 aromatic carbocycles. The van der Waals surface area contributed by atoms with Crippen molar-refractivity contribution in [1.82, 2.24) is 9.38 Å². The number of hydrogen-bond donors (Lipinski definition) is 1. The molecule has 0 saturated carbocycles. The first-order chi connectivity index (χ1) is 14.9. The van der Waals surface area contributed by atoms with Crippen LogP contribution < -0.4 is 0 Å². The maximum atomic E-state index is 3.59. The van der Waals surface area contributed by atoms with Crippen LogP contribution in [0.3, 0.4) is 0 Å². The number of rotatable bonds is 0. The van der Waals surface area contributed by atoms with Crippen molar-refractivity contribution >= 4 is 70.7 Å². The van der Waals surface area contributed by atoms with Crippen LogP contribution in [0.15, 0.2) is 91.0 Å². The second-order valence-electron chi connectivity index (χ2n) is 8.34. The normalized spacial score (nSPS) is 12.7. The van der Waals surface area contributed by atoms with Crippen LogP contribution in [0.4, 0.5) is 0 Å². The molecule has 1 N–H and O–H groups in total. The average molecular weight is 380 g/mol. The lowest BCUT2D eigenvalue weighted by Crippen LogP contribution is -1.81. The highest BCUT2D eigenvalue weighted by Gasteiger charge is 2.17. The zero-order valence-corrected chi connectivity index (χ0v) is 16.1. The quantitative estimate of drug-likeness (QED) is 0.279. The number of aromatic nitrogens is 2. The Kier molecular flexibility index (Phi) is 2.44. The molecule has 0 saturated heterocycles. The second kappa shape index (κ2) is 4.92. The van der Waals surface area contributed by atoms with Gasteiger partial charge in [-0.2, -0.15) is 0 Å². The van der Waals surface area contributed by atoms with Crippen LogP contribution >= 0.6 is 0 Å². The van der Waals surface area contributed by atoms with E-state index < -0.39 is 0 Å². The van der Waals surface area contributed by atoms with Crippen LogP contribution in [-0.4, -0.2) is 9.38 Å². The van der Waals surface area contributed by atoms with Crippen molar-refractivity contribution in [2.24, 2.45) is 0 Å². The molecule has 0 amide bonds. The van der Waals surface area contributed by atoms with Crippen molar-refractivity contribution in [1.29, 1.82) is 0 Å². The smallest absolute Gasteiger partial charge is 0.0620 e. The lowest BCUT2D eigenvalue weighted by Gasteiger charge is -2.03. The number of aromatic amines is 1. The molecule has 30 heavy (non-hydrogen) atoms. The number of benzene rings is 5. The third-order valence-corrected chi connectivity index (χ3v) is 6.80. The molecule has 8 aromatic rings. The number of nitrogens with zero attached hydrogens (tertiary/aromatic N) is 1. The molecule has 0 radical (unpaired) electrons. The van der Waals surface area contributed by atoms with Crippen LogP contribution in [-0.2, 0) is 0 Å². The summed E-state index contributed by atoms with van der Waals surface area (Å²) in [7, 11) is 0. The topological polar surface area (TPSA) is 20.2 Å². The second-order valence-corrected chi connectivity index (χ2v) is 8.34. The van der Waals surface area contributed by atoms with E-state index in [0.29, 0.717) is 0 Å². The molecular formula is C28H16N2. The third kappa shape index (κ3) is 1.63. The summed E-state index contributed by atoms with van der Waals surface area (Å²) in [4.78, 5) is 3.59. The van der Waals surface area contributed by atoms with Gasteiger partial charge in [-0.05, 0) is 47.2 Å². The van der Waals surface area contributed by atoms with Crippen LogP contribution in [0.2, 0.25) is 0 Å². The van der Waals surface area contributed by atoms with Gasteiger partial charge in [0.2, 0.25) is 0 Å². The van der Waals surface area contributed by atoms with Crippen molar-refractivity contribution in [3.8, 4) is 0 Å². The Bertz CT molecular complexity index is 1950. The maximum Gasteiger partial charge on any atom is 0.0620 e. The molecule has 138 valence electrons. The molecule has 0 aliphatic rings. The molecule has 0 aliphatic heterocycles. The fraction of sp³-hybridized carbons (Fsp3) is 0. The Morgan fingerprint density at radius 1 is 0.467 bits per heavy atom. The van der Waals surface area contributed by atoms with E-state index in [4.69, 9.17) is 0 Å². The molecule has 3 aromatic heterocycles. The van der Waals surface area contributed by atoms with Crippen molar-refractivity contribution < 1.29 is 0 Å². The molecule has 0 bridgehead atoms. The molecule has 2 heteroatoms. The van der Waals surface area contributed by atoms with Crippen molar-refractivity contribution in [3.63, 3.8) is 0 Å². The predicted octanol–water partition coefficient (Wildman–Crippen LogP) is 7.62. The SMILES string of the molecule is c1ccc2c(c1)[nH]c1cc3cc4c(cc3cc12)c1cccc2c3ccccc3n4c21. The average Bonchev–Trinajstić information content (AvgIpc) is 3.42. The molecule has 8 rings (SSSR count). The van der Waals surface area contributed by atoms with Gasteiger partial charge in [0.1, 0.15) is 0 Å². The van der Waals surface area contributed by atoms with Crippen molar-refractivity contribution in [2.45, 2.75) is 0 Å². The summed E-state index contributed by atoms with van der Waals surface area (Å²) < 4.78 is 2.45. The molecule has 0 aliphatic carbocycles. The summed E-state index contributed by atoms with van der Waals surface area (Å²) in [5, 5.41) is 10.5. The van der Waals surface area contributed by atoms with Gasteiger partial charge in [0.25, 0.3) is 0 Å². The fourth-order valence-corrected chi connectivity index (χ4v) is 5.52. The number of H-pyrrole nitrogens is 1. The summed E-state index contributed by atoms with van der Waals surface area (Å²) >= 11 is 0. The molecule has 0 unspecified atom stereocenters. The van der Waals surface area contributed by atoms with Gasteiger partial charge in [-0.1, -0.05) is 54.6 Å². The monoisotopic (exact) mass is 380 g/mol. The van der Waals surface area contributed by atoms with Gasteiger partial charge in [-0.25, -0.2) is 0 Å². The summed E-state index contributed by atoms with van der Waals surface area (Å²) in [6.07, 6.45) is 0. The highest BCUT2D eigenvalue weighted by atomic mass is 14.9. The molecule has 0 fully saturated rings. The minimum atomic E-state index is 1.19. The largest absolute Gasteiger partial charge is 0.354 e. The van der Waals surface area contributed by atoms with Crippen LogP contribution in [0, 0.1) is 0 Å². The van der Waals surface area contributed by atoms with Gasteiger partial charge in [0.05, 0.1) is 16.6 Å². The van der Waals surface area contributed by atoms with E-state index in [1.165, 1.54) is 70.7 Å². The fourth-order valence-electron chi connectivity index (χ4n) is 5.52. The van der Waals surface area contributed by atoms with E-state index in [9.17, 15) is 0 Å². The number of nitrogens with one attached hydrogen (secondary N) is 1. The van der Waals surface area contributed by atoms with E-state index in [0.717, 1.165) is 0 Å². The van der Waals surface area contributed by atoms with E-state index in [-0.39, 0.29) is 0 Å². The highest BCUT2D eigenvalue weighted by Crippen LogP contribution is 2.41. The molecule has 0 spiro atoms. The lowest BCUT2D eigenvalue weighted by atomic mass is 10.0. The van der Waals surface area contributed by atoms with Gasteiger partial charge in [0.15, 0.2) is 0 Å². The van der Waals surface area contributed by atoms with Crippen LogP contribution in [0.5, 0.6) is 0 Å². The summed E-state index contributed by atoms with van der Waals surface area (Å²) in [5.74, 6) is 0. The van der Waals surface area contributed by atoms with Gasteiger partial charge in [-0.15, -0.1) is 0 Å².